The Hall–Kier alpha value is -3.43. The normalized spacial score (nSPS) is 11.3. The smallest absolute Gasteiger partial charge is 0.422 e. The van der Waals surface area contributed by atoms with E-state index in [4.69, 9.17) is 0 Å². The molecule has 3 aromatic rings. The van der Waals surface area contributed by atoms with Crippen LogP contribution < -0.4 is 10.1 Å². The minimum Gasteiger partial charge on any atom is -0.468 e. The molecule has 0 radical (unpaired) electrons. The quantitative estimate of drug-likeness (QED) is 0.652. The maximum absolute atomic E-state index is 13.1. The molecule has 0 bridgehead atoms. The van der Waals surface area contributed by atoms with Gasteiger partial charge in [-0.2, -0.15) is 13.2 Å². The summed E-state index contributed by atoms with van der Waals surface area (Å²) >= 11 is 0. The Morgan fingerprint density at radius 3 is 2.50 bits per heavy atom. The molecule has 0 fully saturated rings. The largest absolute Gasteiger partial charge is 0.468 e. The van der Waals surface area contributed by atoms with Crippen molar-refractivity contribution in [1.29, 1.82) is 0 Å². The summed E-state index contributed by atoms with van der Waals surface area (Å²) in [6.45, 7) is -1.33. The van der Waals surface area contributed by atoms with Crippen molar-refractivity contribution in [2.75, 3.05) is 6.61 Å². The molecule has 0 aliphatic heterocycles. The molecule has 2 heterocycles. The van der Waals surface area contributed by atoms with E-state index in [2.05, 4.69) is 20.0 Å². The van der Waals surface area contributed by atoms with Crippen molar-refractivity contribution in [3.05, 3.63) is 72.2 Å². The second-order valence-corrected chi connectivity index (χ2v) is 5.72. The Balaban J connectivity index is 1.60. The maximum Gasteiger partial charge on any atom is 0.422 e. The lowest BCUT2D eigenvalue weighted by atomic mass is 10.2. The fraction of sp³-hybridized carbons (Fsp3) is 0.167. The first-order valence-corrected chi connectivity index (χ1v) is 8.03. The van der Waals surface area contributed by atoms with E-state index in [9.17, 15) is 22.4 Å². The van der Waals surface area contributed by atoms with Crippen LogP contribution in [0.2, 0.25) is 0 Å². The van der Waals surface area contributed by atoms with E-state index in [1.165, 1.54) is 59.7 Å². The predicted molar refractivity (Wildman–Crippen MR) is 90.5 cm³/mol. The van der Waals surface area contributed by atoms with Crippen LogP contribution in [0.5, 0.6) is 5.88 Å². The van der Waals surface area contributed by atoms with E-state index in [1.807, 2.05) is 0 Å². The zero-order valence-corrected chi connectivity index (χ0v) is 14.3. The first kappa shape index (κ1) is 19.3. The third-order valence-corrected chi connectivity index (χ3v) is 3.61. The van der Waals surface area contributed by atoms with Crippen molar-refractivity contribution >= 4 is 5.91 Å². The zero-order chi connectivity index (χ0) is 20.1. The van der Waals surface area contributed by atoms with E-state index in [0.29, 0.717) is 11.3 Å². The second-order valence-electron chi connectivity index (χ2n) is 5.72. The number of aromatic nitrogens is 3. The number of nitrogens with zero attached hydrogens (tertiary/aromatic N) is 3. The summed E-state index contributed by atoms with van der Waals surface area (Å²) < 4.78 is 55.4. The molecule has 0 saturated carbocycles. The average Bonchev–Trinajstić information content (AvgIpc) is 3.15. The lowest BCUT2D eigenvalue weighted by Crippen LogP contribution is -2.25. The van der Waals surface area contributed by atoms with Gasteiger partial charge in [0.2, 0.25) is 5.88 Å². The summed E-state index contributed by atoms with van der Waals surface area (Å²) in [6, 6.07) is 8.34. The summed E-state index contributed by atoms with van der Waals surface area (Å²) in [6.07, 6.45) is -0.341. The summed E-state index contributed by atoms with van der Waals surface area (Å²) in [5, 5.41) is 2.66. The highest BCUT2D eigenvalue weighted by Gasteiger charge is 2.28. The monoisotopic (exact) mass is 394 g/mol. The molecule has 0 spiro atoms. The van der Waals surface area contributed by atoms with Gasteiger partial charge in [0.1, 0.15) is 11.5 Å². The molecule has 146 valence electrons. The highest BCUT2D eigenvalue weighted by molar-refractivity contribution is 5.92. The van der Waals surface area contributed by atoms with E-state index in [1.54, 1.807) is 0 Å². The zero-order valence-electron chi connectivity index (χ0n) is 14.3. The average molecular weight is 394 g/mol. The van der Waals surface area contributed by atoms with Gasteiger partial charge in [-0.05, 0) is 29.8 Å². The van der Waals surface area contributed by atoms with Gasteiger partial charge in [-0.1, -0.05) is 6.07 Å². The lowest BCUT2D eigenvalue weighted by Gasteiger charge is -2.10. The van der Waals surface area contributed by atoms with Crippen molar-refractivity contribution in [2.24, 2.45) is 0 Å². The standard InChI is InChI=1S/C18H14F4N4O2/c19-13-2-4-14(5-3-13)26-11-23-9-15(26)17(27)25-8-12-1-6-16(24-7-12)28-10-18(20,21)22/h1-7,9,11H,8,10H2,(H,25,27). The number of nitrogens with one attached hydrogen (secondary N) is 1. The van der Waals surface area contributed by atoms with Crippen molar-refractivity contribution in [2.45, 2.75) is 12.7 Å². The maximum atomic E-state index is 13.1. The van der Waals surface area contributed by atoms with Crippen molar-refractivity contribution in [1.82, 2.24) is 19.9 Å². The fourth-order valence-corrected chi connectivity index (χ4v) is 2.30. The molecule has 1 N–H and O–H groups in total. The van der Waals surface area contributed by atoms with Gasteiger partial charge in [0.15, 0.2) is 6.61 Å². The molecule has 1 amide bonds. The van der Waals surface area contributed by atoms with E-state index in [-0.39, 0.29) is 18.1 Å². The Kier molecular flexibility index (Phi) is 5.57. The van der Waals surface area contributed by atoms with Crippen molar-refractivity contribution < 1.29 is 27.1 Å². The fourth-order valence-electron chi connectivity index (χ4n) is 2.30. The first-order valence-electron chi connectivity index (χ1n) is 8.03. The number of ether oxygens (including phenoxy) is 1. The number of hydrogen-bond acceptors (Lipinski definition) is 4. The van der Waals surface area contributed by atoms with E-state index >= 15 is 0 Å². The molecule has 6 nitrogen and oxygen atoms in total. The van der Waals surface area contributed by atoms with Gasteiger partial charge in [-0.3, -0.25) is 9.36 Å². The van der Waals surface area contributed by atoms with Crippen LogP contribution >= 0.6 is 0 Å². The molecule has 0 atom stereocenters. The van der Waals surface area contributed by atoms with Crippen LogP contribution in [0.4, 0.5) is 17.6 Å². The molecule has 0 unspecified atom stereocenters. The molecule has 0 aliphatic carbocycles. The second kappa shape index (κ2) is 8.07. The van der Waals surface area contributed by atoms with Crippen LogP contribution in [0.1, 0.15) is 16.1 Å². The minimum absolute atomic E-state index is 0.0972. The Labute approximate surface area is 156 Å². The highest BCUT2D eigenvalue weighted by atomic mass is 19.4. The first-order chi connectivity index (χ1) is 13.3. The number of carbonyl (C=O) groups is 1. The van der Waals surface area contributed by atoms with Crippen molar-refractivity contribution in [3.63, 3.8) is 0 Å². The number of carbonyl (C=O) groups excluding carboxylic acids is 1. The number of halogens is 4. The summed E-state index contributed by atoms with van der Waals surface area (Å²) in [5.74, 6) is -0.994. The molecule has 0 aliphatic rings. The molecule has 2 aromatic heterocycles. The number of imidazole rings is 1. The van der Waals surface area contributed by atoms with Crippen LogP contribution in [0, 0.1) is 5.82 Å². The Morgan fingerprint density at radius 1 is 1.11 bits per heavy atom. The van der Waals surface area contributed by atoms with E-state index < -0.39 is 24.5 Å². The van der Waals surface area contributed by atoms with Gasteiger partial charge in [-0.25, -0.2) is 14.4 Å². The van der Waals surface area contributed by atoms with Crippen LogP contribution in [-0.2, 0) is 6.54 Å². The van der Waals surface area contributed by atoms with Gasteiger partial charge < -0.3 is 10.1 Å². The van der Waals surface area contributed by atoms with Crippen molar-refractivity contribution in [3.8, 4) is 11.6 Å². The predicted octanol–water partition coefficient (Wildman–Crippen LogP) is 3.28. The number of benzene rings is 1. The molecule has 10 heteroatoms. The van der Waals surface area contributed by atoms with Crippen LogP contribution in [0.3, 0.4) is 0 Å². The summed E-state index contributed by atoms with van der Waals surface area (Å²) in [7, 11) is 0. The SMILES string of the molecule is O=C(NCc1ccc(OCC(F)(F)F)nc1)c1cncn1-c1ccc(F)cc1. The van der Waals surface area contributed by atoms with Gasteiger partial charge in [0.25, 0.3) is 5.91 Å². The Bertz CT molecular complexity index is 937. The molecule has 3 rings (SSSR count). The number of rotatable bonds is 6. The van der Waals surface area contributed by atoms with Crippen LogP contribution in [0.15, 0.2) is 55.1 Å². The molecule has 1 aromatic carbocycles. The van der Waals surface area contributed by atoms with Gasteiger partial charge in [-0.15, -0.1) is 0 Å². The van der Waals surface area contributed by atoms with Crippen LogP contribution in [0.25, 0.3) is 5.69 Å². The van der Waals surface area contributed by atoms with Gasteiger partial charge in [0.05, 0.1) is 12.5 Å². The lowest BCUT2D eigenvalue weighted by molar-refractivity contribution is -0.154. The topological polar surface area (TPSA) is 69.0 Å². The molecule has 0 saturated heterocycles. The van der Waals surface area contributed by atoms with Gasteiger partial charge in [0, 0.05) is 24.5 Å². The third-order valence-electron chi connectivity index (χ3n) is 3.61. The van der Waals surface area contributed by atoms with Crippen LogP contribution in [-0.4, -0.2) is 33.2 Å². The number of pyridine rings is 1. The Morgan fingerprint density at radius 2 is 1.86 bits per heavy atom. The molecule has 28 heavy (non-hydrogen) atoms. The molecular formula is C18H14F4N4O2. The number of hydrogen-bond donors (Lipinski definition) is 1. The number of alkyl halides is 3. The highest BCUT2D eigenvalue weighted by Crippen LogP contribution is 2.17. The molecular weight excluding hydrogens is 380 g/mol. The van der Waals surface area contributed by atoms with Gasteiger partial charge >= 0.3 is 6.18 Å². The third kappa shape index (κ3) is 5.06. The summed E-state index contributed by atoms with van der Waals surface area (Å²) in [4.78, 5) is 20.1. The number of amides is 1. The van der Waals surface area contributed by atoms with E-state index in [0.717, 1.165) is 0 Å². The minimum atomic E-state index is -4.44. The summed E-state index contributed by atoms with van der Waals surface area (Å²) in [5.41, 5.74) is 1.38.